The molecule has 0 aliphatic heterocycles. The molecule has 2 aromatic rings. The van der Waals surface area contributed by atoms with Crippen molar-refractivity contribution in [1.29, 1.82) is 0 Å². The maximum Gasteiger partial charge on any atom is 0.401 e. The van der Waals surface area contributed by atoms with Gasteiger partial charge in [-0.25, -0.2) is 4.39 Å². The third-order valence-corrected chi connectivity index (χ3v) is 6.39. The number of hydrogen-bond acceptors (Lipinski definition) is 2. The van der Waals surface area contributed by atoms with Crippen LogP contribution >= 0.6 is 34.8 Å². The summed E-state index contributed by atoms with van der Waals surface area (Å²) in [6.07, 6.45) is -8.91. The fourth-order valence-corrected chi connectivity index (χ4v) is 4.24. The van der Waals surface area contributed by atoms with Crippen LogP contribution in [0.4, 0.5) is 30.7 Å². The highest BCUT2D eigenvalue weighted by atomic mass is 35.5. The van der Waals surface area contributed by atoms with E-state index in [9.17, 15) is 35.5 Å². The number of benzene rings is 2. The van der Waals surface area contributed by atoms with E-state index in [2.05, 4.69) is 5.32 Å². The molecule has 1 unspecified atom stereocenters. The van der Waals surface area contributed by atoms with Gasteiger partial charge >= 0.3 is 12.4 Å². The van der Waals surface area contributed by atoms with Crippen LogP contribution < -0.4 is 5.32 Å². The van der Waals surface area contributed by atoms with Gasteiger partial charge < -0.3 is 5.32 Å². The van der Waals surface area contributed by atoms with Gasteiger partial charge in [-0.05, 0) is 62.4 Å². The van der Waals surface area contributed by atoms with E-state index >= 15 is 0 Å². The van der Waals surface area contributed by atoms with Crippen molar-refractivity contribution >= 4 is 46.5 Å². The van der Waals surface area contributed by atoms with Gasteiger partial charge in [0, 0.05) is 23.7 Å². The van der Waals surface area contributed by atoms with Crippen LogP contribution in [0.5, 0.6) is 0 Å². The van der Waals surface area contributed by atoms with Crippen molar-refractivity contribution in [2.45, 2.75) is 38.2 Å². The van der Waals surface area contributed by atoms with Crippen LogP contribution in [0.3, 0.4) is 0 Å². The van der Waals surface area contributed by atoms with E-state index in [0.717, 1.165) is 23.1 Å². The Morgan fingerprint density at radius 3 is 2.11 bits per heavy atom. The van der Waals surface area contributed by atoms with Crippen LogP contribution in [-0.4, -0.2) is 49.3 Å². The maximum atomic E-state index is 15.0. The Morgan fingerprint density at radius 1 is 1.05 bits per heavy atom. The summed E-state index contributed by atoms with van der Waals surface area (Å²) in [6.45, 7) is 1.73. The van der Waals surface area contributed by atoms with Crippen LogP contribution in [0, 0.1) is 6.92 Å². The minimum Gasteiger partial charge on any atom is -0.348 e. The Kier molecular flexibility index (Phi) is 10.3. The summed E-state index contributed by atoms with van der Waals surface area (Å²) in [4.78, 5) is 13.6. The highest BCUT2D eigenvalue weighted by molar-refractivity contribution is 6.48. The molecule has 1 N–H and O–H groups in total. The zero-order valence-electron chi connectivity index (χ0n) is 19.7. The molecule has 37 heavy (non-hydrogen) atoms. The number of aryl methyl sites for hydroxylation is 1. The molecule has 0 saturated heterocycles. The molecule has 204 valence electrons. The van der Waals surface area contributed by atoms with E-state index in [-0.39, 0.29) is 38.3 Å². The number of amides is 1. The van der Waals surface area contributed by atoms with Crippen LogP contribution in [-0.2, 0) is 0 Å². The number of nitrogens with one attached hydrogen (secondary N) is 1. The largest absolute Gasteiger partial charge is 0.401 e. The minimum atomic E-state index is -4.89. The molecule has 0 radical (unpaired) electrons. The van der Waals surface area contributed by atoms with Crippen molar-refractivity contribution in [1.82, 2.24) is 10.2 Å². The van der Waals surface area contributed by atoms with E-state index in [1.54, 1.807) is 0 Å². The van der Waals surface area contributed by atoms with Crippen molar-refractivity contribution in [3.05, 3.63) is 73.7 Å². The monoisotopic (exact) mass is 592 g/mol. The number of alkyl halides is 6. The predicted molar refractivity (Wildman–Crippen MR) is 131 cm³/mol. The first-order valence-electron chi connectivity index (χ1n) is 10.6. The summed E-state index contributed by atoms with van der Waals surface area (Å²) in [5, 5.41) is 1.96. The lowest BCUT2D eigenvalue weighted by atomic mass is 9.95. The van der Waals surface area contributed by atoms with Crippen molar-refractivity contribution in [3.8, 4) is 0 Å². The van der Waals surface area contributed by atoms with Crippen LogP contribution in [0.2, 0.25) is 15.1 Å². The normalized spacial score (nSPS) is 14.6. The highest BCUT2D eigenvalue weighted by Gasteiger charge is 2.40. The molecule has 0 bridgehead atoms. The second-order valence-corrected chi connectivity index (χ2v) is 9.74. The lowest BCUT2D eigenvalue weighted by Gasteiger charge is -2.23. The quantitative estimate of drug-likeness (QED) is 0.247. The van der Waals surface area contributed by atoms with Gasteiger partial charge in [0.25, 0.3) is 5.91 Å². The van der Waals surface area contributed by atoms with E-state index in [1.165, 1.54) is 33.0 Å². The molecule has 13 heteroatoms. The molecule has 3 nitrogen and oxygen atoms in total. The molecule has 0 saturated carbocycles. The Hall–Kier alpha value is -2.01. The molecule has 2 atom stereocenters. The number of likely N-dealkylation sites (N-methyl/N-ethyl adjacent to an activating group) is 1. The number of carbonyl (C=O) groups excluding carboxylic acids is 1. The number of hydrogen-bond donors (Lipinski definition) is 1. The molecule has 1 amide bonds. The number of nitrogens with zero attached hydrogens (tertiary/aromatic N) is 1. The Morgan fingerprint density at radius 2 is 1.62 bits per heavy atom. The van der Waals surface area contributed by atoms with E-state index < -0.39 is 48.2 Å². The van der Waals surface area contributed by atoms with E-state index in [1.807, 2.05) is 0 Å². The van der Waals surface area contributed by atoms with Gasteiger partial charge in [0.05, 0.1) is 21.6 Å². The first kappa shape index (κ1) is 31.2. The number of allylic oxidation sites excluding steroid dienone is 1. The Labute approximate surface area is 224 Å². The topological polar surface area (TPSA) is 32.3 Å². The fourth-order valence-electron chi connectivity index (χ4n) is 3.63. The van der Waals surface area contributed by atoms with Crippen LogP contribution in [0.1, 0.15) is 39.9 Å². The molecule has 0 heterocycles. The van der Waals surface area contributed by atoms with E-state index in [4.69, 9.17) is 34.8 Å². The SMILES string of the molecule is Cc1cc(/C(F)=C/C(c2cc(Cl)c(Cl)c(Cl)c2)C(F)(F)F)ccc1C(=O)N[C@H](C)CN(C)CC(F)(F)F. The first-order valence-corrected chi connectivity index (χ1v) is 11.8. The first-order chi connectivity index (χ1) is 16.9. The molecule has 0 fully saturated rings. The molecular formula is C24H22Cl3F7N2O. The summed E-state index contributed by atoms with van der Waals surface area (Å²) in [6, 6.07) is 4.78. The molecular weight excluding hydrogens is 572 g/mol. The average molecular weight is 594 g/mol. The van der Waals surface area contributed by atoms with Crippen LogP contribution in [0.25, 0.3) is 5.83 Å². The van der Waals surface area contributed by atoms with Crippen molar-refractivity contribution < 1.29 is 35.5 Å². The van der Waals surface area contributed by atoms with Gasteiger partial charge in [0.15, 0.2) is 0 Å². The van der Waals surface area contributed by atoms with Gasteiger partial charge in [-0.2, -0.15) is 26.3 Å². The highest BCUT2D eigenvalue weighted by Crippen LogP contribution is 2.42. The third kappa shape index (κ3) is 9.05. The smallest absolute Gasteiger partial charge is 0.348 e. The zero-order chi connectivity index (χ0) is 28.3. The van der Waals surface area contributed by atoms with Gasteiger partial charge in [-0.1, -0.05) is 40.9 Å². The lowest BCUT2D eigenvalue weighted by molar-refractivity contribution is -0.143. The molecule has 0 aromatic heterocycles. The molecule has 0 spiro atoms. The summed E-state index contributed by atoms with van der Waals surface area (Å²) in [5.41, 5.74) is -0.298. The molecule has 0 aliphatic rings. The van der Waals surface area contributed by atoms with Crippen LogP contribution in [0.15, 0.2) is 36.4 Å². The van der Waals surface area contributed by atoms with Gasteiger partial charge in [0.2, 0.25) is 0 Å². The van der Waals surface area contributed by atoms with Gasteiger partial charge in [-0.15, -0.1) is 0 Å². The van der Waals surface area contributed by atoms with Crippen molar-refractivity contribution in [3.63, 3.8) is 0 Å². The third-order valence-electron chi connectivity index (χ3n) is 5.19. The van der Waals surface area contributed by atoms with Gasteiger partial charge in [-0.3, -0.25) is 9.69 Å². The maximum absolute atomic E-state index is 15.0. The summed E-state index contributed by atoms with van der Waals surface area (Å²) in [5.74, 6) is -4.22. The minimum absolute atomic E-state index is 0.0860. The Bertz CT molecular complexity index is 1140. The molecule has 2 rings (SSSR count). The van der Waals surface area contributed by atoms with Crippen molar-refractivity contribution in [2.75, 3.05) is 20.1 Å². The predicted octanol–water partition coefficient (Wildman–Crippen LogP) is 8.22. The average Bonchev–Trinajstić information content (AvgIpc) is 2.72. The summed E-state index contributed by atoms with van der Waals surface area (Å²) < 4.78 is 93.7. The van der Waals surface area contributed by atoms with Gasteiger partial charge in [0.1, 0.15) is 11.7 Å². The second kappa shape index (κ2) is 12.2. The second-order valence-electron chi connectivity index (χ2n) is 8.55. The molecule has 0 aliphatic carbocycles. The lowest BCUT2D eigenvalue weighted by Crippen LogP contribution is -2.43. The summed E-state index contributed by atoms with van der Waals surface area (Å²) in [7, 11) is 1.26. The van der Waals surface area contributed by atoms with E-state index in [0.29, 0.717) is 6.08 Å². The van der Waals surface area contributed by atoms with Crippen molar-refractivity contribution in [2.24, 2.45) is 0 Å². The fraction of sp³-hybridized carbons (Fsp3) is 0.375. The Balaban J connectivity index is 2.25. The zero-order valence-corrected chi connectivity index (χ0v) is 21.9. The number of halogens is 10. The number of carbonyl (C=O) groups is 1. The standard InChI is InChI=1S/C24H22Cl3F7N2O/c1-12-6-14(4-5-16(12)22(37)35-13(2)10-36(3)11-23(29,30)31)20(28)9-17(24(32,33)34)15-7-18(25)21(27)19(26)8-15/h4-9,13,17H,10-11H2,1-3H3,(H,35,37)/b20-9-/t13-,17?/m1/s1. The molecule has 2 aromatic carbocycles. The summed E-state index contributed by atoms with van der Waals surface area (Å²) >= 11 is 17.5. The number of rotatable bonds is 8.